The van der Waals surface area contributed by atoms with Gasteiger partial charge >= 0.3 is 0 Å². The third kappa shape index (κ3) is 2.40. The predicted octanol–water partition coefficient (Wildman–Crippen LogP) is 2.90. The number of carbonyl (C=O) groups excluding carboxylic acids is 1. The van der Waals surface area contributed by atoms with Gasteiger partial charge in [-0.2, -0.15) is 0 Å². The number of alkyl halides is 1. The van der Waals surface area contributed by atoms with Crippen molar-refractivity contribution in [1.82, 2.24) is 4.90 Å². The highest BCUT2D eigenvalue weighted by atomic mass is 35.5. The number of nitrogens with zero attached hydrogens (tertiary/aromatic N) is 1. The topological polar surface area (TPSA) is 33.5 Å². The number of carbonyl (C=O) groups is 1. The Morgan fingerprint density at radius 3 is 2.81 bits per heavy atom. The van der Waals surface area contributed by atoms with E-state index in [9.17, 15) is 4.79 Å². The number of hydrogen-bond donors (Lipinski definition) is 0. The van der Waals surface area contributed by atoms with Gasteiger partial charge in [0.2, 0.25) is 0 Å². The number of amides is 1. The van der Waals surface area contributed by atoms with Crippen molar-refractivity contribution in [3.8, 4) is 0 Å². The second-order valence-corrected chi connectivity index (χ2v) is 4.52. The standard InChI is InChI=1S/C12H16ClNO2/c13-6-7-14(11-3-1-2-4-11)12(15)10-5-8-16-9-10/h5,8-9,11H,1-4,6-7H2. The summed E-state index contributed by atoms with van der Waals surface area (Å²) in [5.74, 6) is 0.529. The highest BCUT2D eigenvalue weighted by molar-refractivity contribution is 6.18. The Labute approximate surface area is 100 Å². The summed E-state index contributed by atoms with van der Waals surface area (Å²) in [6.07, 6.45) is 7.64. The first-order valence-corrected chi connectivity index (χ1v) is 6.25. The molecule has 1 heterocycles. The molecular weight excluding hydrogens is 226 g/mol. The van der Waals surface area contributed by atoms with E-state index in [1.54, 1.807) is 6.07 Å². The zero-order valence-corrected chi connectivity index (χ0v) is 9.95. The van der Waals surface area contributed by atoms with E-state index in [0.29, 0.717) is 24.0 Å². The highest BCUT2D eigenvalue weighted by Gasteiger charge is 2.27. The van der Waals surface area contributed by atoms with Gasteiger partial charge in [0.25, 0.3) is 5.91 Å². The Bertz CT molecular complexity index is 331. The molecule has 1 fully saturated rings. The van der Waals surface area contributed by atoms with Crippen LogP contribution in [-0.4, -0.2) is 29.3 Å². The third-order valence-electron chi connectivity index (χ3n) is 3.12. The lowest BCUT2D eigenvalue weighted by atomic mass is 10.2. The zero-order valence-electron chi connectivity index (χ0n) is 9.19. The molecule has 1 aliphatic carbocycles. The lowest BCUT2D eigenvalue weighted by molar-refractivity contribution is 0.0694. The minimum Gasteiger partial charge on any atom is -0.472 e. The van der Waals surface area contributed by atoms with Crippen molar-refractivity contribution in [3.05, 3.63) is 24.2 Å². The Kier molecular flexibility index (Phi) is 3.88. The average Bonchev–Trinajstić information content (AvgIpc) is 2.96. The van der Waals surface area contributed by atoms with Crippen LogP contribution in [0, 0.1) is 0 Å². The maximum atomic E-state index is 12.2. The van der Waals surface area contributed by atoms with Crippen molar-refractivity contribution in [2.45, 2.75) is 31.7 Å². The molecule has 0 radical (unpaired) electrons. The normalized spacial score (nSPS) is 16.6. The minimum atomic E-state index is 0.0429. The van der Waals surface area contributed by atoms with E-state index >= 15 is 0 Å². The summed E-state index contributed by atoms with van der Waals surface area (Å²) in [4.78, 5) is 14.1. The first-order valence-electron chi connectivity index (χ1n) is 5.72. The number of furan rings is 1. The van der Waals surface area contributed by atoms with Crippen LogP contribution < -0.4 is 0 Å². The molecule has 1 aromatic heterocycles. The van der Waals surface area contributed by atoms with Gasteiger partial charge in [0.15, 0.2) is 0 Å². The molecule has 0 atom stereocenters. The molecule has 88 valence electrons. The van der Waals surface area contributed by atoms with Gasteiger partial charge in [0, 0.05) is 18.5 Å². The fraction of sp³-hybridized carbons (Fsp3) is 0.583. The van der Waals surface area contributed by atoms with Crippen LogP contribution in [0.4, 0.5) is 0 Å². The predicted molar refractivity (Wildman–Crippen MR) is 62.7 cm³/mol. The van der Waals surface area contributed by atoms with Crippen LogP contribution in [-0.2, 0) is 0 Å². The van der Waals surface area contributed by atoms with Gasteiger partial charge in [0.05, 0.1) is 11.8 Å². The molecule has 16 heavy (non-hydrogen) atoms. The number of rotatable bonds is 4. The summed E-state index contributed by atoms with van der Waals surface area (Å²) in [6.45, 7) is 0.621. The summed E-state index contributed by atoms with van der Waals surface area (Å²) in [7, 11) is 0. The Hall–Kier alpha value is -0.960. The van der Waals surface area contributed by atoms with Crippen LogP contribution >= 0.6 is 11.6 Å². The molecule has 3 nitrogen and oxygen atoms in total. The monoisotopic (exact) mass is 241 g/mol. The van der Waals surface area contributed by atoms with Crippen LogP contribution in [0.25, 0.3) is 0 Å². The summed E-state index contributed by atoms with van der Waals surface area (Å²) in [5, 5.41) is 0. The molecule has 0 unspecified atom stereocenters. The third-order valence-corrected chi connectivity index (χ3v) is 3.29. The minimum absolute atomic E-state index is 0.0429. The smallest absolute Gasteiger partial charge is 0.257 e. The maximum Gasteiger partial charge on any atom is 0.257 e. The van der Waals surface area contributed by atoms with Crippen LogP contribution in [0.5, 0.6) is 0 Å². The van der Waals surface area contributed by atoms with Gasteiger partial charge in [0.1, 0.15) is 6.26 Å². The molecule has 1 aromatic rings. The molecule has 0 bridgehead atoms. The van der Waals surface area contributed by atoms with E-state index < -0.39 is 0 Å². The second-order valence-electron chi connectivity index (χ2n) is 4.14. The summed E-state index contributed by atoms with van der Waals surface area (Å²) >= 11 is 5.76. The van der Waals surface area contributed by atoms with Gasteiger partial charge in [-0.25, -0.2) is 0 Å². The Morgan fingerprint density at radius 2 is 2.25 bits per heavy atom. The van der Waals surface area contributed by atoms with Crippen LogP contribution in [0.1, 0.15) is 36.0 Å². The van der Waals surface area contributed by atoms with E-state index in [1.165, 1.54) is 25.4 Å². The number of hydrogen-bond acceptors (Lipinski definition) is 2. The van der Waals surface area contributed by atoms with Gasteiger partial charge in [-0.15, -0.1) is 11.6 Å². The summed E-state index contributed by atoms with van der Waals surface area (Å²) in [5.41, 5.74) is 0.622. The lowest BCUT2D eigenvalue weighted by Gasteiger charge is -2.27. The summed E-state index contributed by atoms with van der Waals surface area (Å²) in [6, 6.07) is 2.07. The first-order chi connectivity index (χ1) is 7.83. The molecule has 1 aliphatic rings. The molecular formula is C12H16ClNO2. The van der Waals surface area contributed by atoms with Gasteiger partial charge in [-0.3, -0.25) is 4.79 Å². The van der Waals surface area contributed by atoms with E-state index in [1.807, 2.05) is 4.90 Å². The van der Waals surface area contributed by atoms with Crippen molar-refractivity contribution >= 4 is 17.5 Å². The molecule has 4 heteroatoms. The van der Waals surface area contributed by atoms with Gasteiger partial charge in [-0.1, -0.05) is 12.8 Å². The summed E-state index contributed by atoms with van der Waals surface area (Å²) < 4.78 is 4.95. The Balaban J connectivity index is 2.09. The second kappa shape index (κ2) is 5.39. The van der Waals surface area contributed by atoms with Gasteiger partial charge in [-0.05, 0) is 18.9 Å². The average molecular weight is 242 g/mol. The molecule has 2 rings (SSSR count). The maximum absolute atomic E-state index is 12.2. The van der Waals surface area contributed by atoms with Crippen LogP contribution in [0.15, 0.2) is 23.0 Å². The lowest BCUT2D eigenvalue weighted by Crippen LogP contribution is -2.40. The molecule has 0 saturated heterocycles. The Morgan fingerprint density at radius 1 is 1.50 bits per heavy atom. The first kappa shape index (κ1) is 11.5. The molecule has 0 aliphatic heterocycles. The van der Waals surface area contributed by atoms with Crippen LogP contribution in [0.2, 0.25) is 0 Å². The molecule has 0 spiro atoms. The van der Waals surface area contributed by atoms with E-state index in [-0.39, 0.29) is 5.91 Å². The largest absolute Gasteiger partial charge is 0.472 e. The van der Waals surface area contributed by atoms with E-state index in [0.717, 1.165) is 12.8 Å². The molecule has 1 saturated carbocycles. The zero-order chi connectivity index (χ0) is 11.4. The molecule has 0 N–H and O–H groups in total. The fourth-order valence-electron chi connectivity index (χ4n) is 2.31. The fourth-order valence-corrected chi connectivity index (χ4v) is 2.49. The van der Waals surface area contributed by atoms with E-state index in [2.05, 4.69) is 0 Å². The highest BCUT2D eigenvalue weighted by Crippen LogP contribution is 2.24. The van der Waals surface area contributed by atoms with Crippen molar-refractivity contribution in [3.63, 3.8) is 0 Å². The van der Waals surface area contributed by atoms with Crippen molar-refractivity contribution in [1.29, 1.82) is 0 Å². The van der Waals surface area contributed by atoms with Crippen molar-refractivity contribution in [2.24, 2.45) is 0 Å². The van der Waals surface area contributed by atoms with Crippen LogP contribution in [0.3, 0.4) is 0 Å². The molecule has 1 amide bonds. The quantitative estimate of drug-likeness (QED) is 0.760. The van der Waals surface area contributed by atoms with Crippen molar-refractivity contribution in [2.75, 3.05) is 12.4 Å². The number of halogens is 1. The van der Waals surface area contributed by atoms with E-state index in [4.69, 9.17) is 16.0 Å². The van der Waals surface area contributed by atoms with Gasteiger partial charge < -0.3 is 9.32 Å². The molecule has 0 aromatic carbocycles. The van der Waals surface area contributed by atoms with Crippen molar-refractivity contribution < 1.29 is 9.21 Å². The SMILES string of the molecule is O=C(c1ccoc1)N(CCCl)C1CCCC1.